The number of benzene rings is 1. The van der Waals surface area contributed by atoms with Crippen LogP contribution in [0.3, 0.4) is 0 Å². The molecule has 6 rings (SSSR count). The molecule has 6 N–H and O–H groups in total. The van der Waals surface area contributed by atoms with Crippen molar-refractivity contribution in [1.82, 2.24) is 46.6 Å². The maximum absolute atomic E-state index is 14.0. The zero-order valence-electron chi connectivity index (χ0n) is 41.0. The maximum atomic E-state index is 14.0. The average molecular weight is 1040 g/mol. The van der Waals surface area contributed by atoms with Crippen LogP contribution in [-0.2, 0) is 46.5 Å². The van der Waals surface area contributed by atoms with Crippen LogP contribution in [0.4, 0.5) is 14.0 Å². The monoisotopic (exact) mass is 1040 g/mol. The standard InChI is InChI=1S/C49H66ClFN10O10S/c1-49(2,3)71-48(67)56-37(11-6-4-5-9-34(63)10-7-8-12-41-44-39(30-72-41)55-47(66)58-44)46(65)53-19-21-68-23-24-69-22-20-61-26-33(59-60-61)28-70-29-38-42(40(64)27-62)43(35-14-13-32(51)25-36(35)50)57-45(54-38)31-15-17-52-18-16-31/h13-18,25-26,37,39,41,43-44,62H,4-12,19-24,27-30H2,1-3H3,(H,53,65)(H,54,57)(H,56,67)(H2,55,58,66)/t37-,39-,41-,43?,44-/m0/s1. The number of pyridine rings is 1. The number of aliphatic hydroxyl groups excluding tert-OH is 1. The molecule has 1 unspecified atom stereocenters. The molecule has 0 spiro atoms. The van der Waals surface area contributed by atoms with Gasteiger partial charge in [-0.15, -0.1) is 5.10 Å². The second-order valence-electron chi connectivity index (χ2n) is 18.6. The van der Waals surface area contributed by atoms with Crippen molar-refractivity contribution in [3.8, 4) is 0 Å². The summed E-state index contributed by atoms with van der Waals surface area (Å²) in [5.74, 6) is 0.0343. The number of alkyl carbamates (subject to hydrolysis) is 1. The van der Waals surface area contributed by atoms with Crippen LogP contribution in [0.25, 0.3) is 0 Å². The van der Waals surface area contributed by atoms with Gasteiger partial charge in [-0.25, -0.2) is 18.7 Å². The SMILES string of the molecule is CC(C)(C)OC(=O)N[C@@H](CCCCCC(=O)CCCC[C@@H]1SC[C@@H]2NC(=O)N[C@@H]21)C(=O)NCCOCCOCCn1cc(COCC2=C(C(=O)CO)C(c3ccc(F)cc3Cl)N=C(c3ccncc3)N2)nn1. The van der Waals surface area contributed by atoms with Crippen molar-refractivity contribution in [2.45, 2.75) is 127 Å². The van der Waals surface area contributed by atoms with Crippen LogP contribution in [0.15, 0.2) is 65.2 Å². The van der Waals surface area contributed by atoms with Crippen LogP contribution in [0.2, 0.25) is 5.02 Å². The summed E-state index contributed by atoms with van der Waals surface area (Å²) in [6.07, 6.45) is 10.4. The molecule has 72 heavy (non-hydrogen) atoms. The molecule has 0 bridgehead atoms. The fraction of sp³-hybridized carbons (Fsp3) is 0.571. The number of nitrogens with one attached hydrogen (secondary N) is 5. The highest BCUT2D eigenvalue weighted by atomic mass is 35.5. The van der Waals surface area contributed by atoms with Crippen molar-refractivity contribution in [2.24, 2.45) is 4.99 Å². The van der Waals surface area contributed by atoms with Gasteiger partial charge in [-0.3, -0.25) is 24.4 Å². The van der Waals surface area contributed by atoms with Crippen LogP contribution in [0, 0.1) is 5.82 Å². The number of rotatable bonds is 30. The number of unbranched alkanes of at least 4 members (excludes halogenated alkanes) is 3. The van der Waals surface area contributed by atoms with Gasteiger partial charge >= 0.3 is 12.1 Å². The summed E-state index contributed by atoms with van der Waals surface area (Å²) in [5.41, 5.74) is 1.29. The van der Waals surface area contributed by atoms with Crippen molar-refractivity contribution in [1.29, 1.82) is 0 Å². The van der Waals surface area contributed by atoms with Gasteiger partial charge in [-0.05, 0) is 70.7 Å². The number of carbonyl (C=O) groups excluding carboxylic acids is 5. The number of aromatic nitrogens is 4. The first-order chi connectivity index (χ1) is 34.7. The number of urea groups is 1. The number of amidine groups is 1. The van der Waals surface area contributed by atoms with Crippen molar-refractivity contribution in [2.75, 3.05) is 51.9 Å². The Morgan fingerprint density at radius 1 is 0.972 bits per heavy atom. The van der Waals surface area contributed by atoms with Crippen molar-refractivity contribution >= 4 is 58.8 Å². The lowest BCUT2D eigenvalue weighted by molar-refractivity contribution is -0.123. The largest absolute Gasteiger partial charge is 0.444 e. The Hall–Kier alpha value is -5.52. The number of ether oxygens (including phenoxy) is 4. The quantitative estimate of drug-likeness (QED) is 0.0384. The van der Waals surface area contributed by atoms with Crippen molar-refractivity contribution < 1.29 is 52.4 Å². The predicted octanol–water partition coefficient (Wildman–Crippen LogP) is 4.88. The molecule has 2 fully saturated rings. The van der Waals surface area contributed by atoms with Gasteiger partial charge in [-0.1, -0.05) is 42.1 Å². The molecule has 3 aliphatic rings. The summed E-state index contributed by atoms with van der Waals surface area (Å²) < 4.78 is 38.4. The number of hydrogen-bond acceptors (Lipinski definition) is 16. The van der Waals surface area contributed by atoms with Gasteiger partial charge in [0.15, 0.2) is 5.78 Å². The summed E-state index contributed by atoms with van der Waals surface area (Å²) in [7, 11) is 0. The van der Waals surface area contributed by atoms with Gasteiger partial charge in [0, 0.05) is 64.5 Å². The number of fused-ring (bicyclic) bond motifs is 1. The molecule has 392 valence electrons. The number of aliphatic hydroxyl groups is 1. The van der Waals surface area contributed by atoms with E-state index in [1.165, 1.54) is 12.1 Å². The van der Waals surface area contributed by atoms with Gasteiger partial charge in [-0.2, -0.15) is 11.8 Å². The minimum Gasteiger partial charge on any atom is -0.444 e. The van der Waals surface area contributed by atoms with Gasteiger partial charge in [0.05, 0.1) is 70.2 Å². The van der Waals surface area contributed by atoms with Crippen LogP contribution < -0.4 is 26.6 Å². The number of Topliss-reactive ketones (excluding diaryl/α,β-unsaturated/α-hetero) is 2. The highest BCUT2D eigenvalue weighted by Gasteiger charge is 2.42. The predicted molar refractivity (Wildman–Crippen MR) is 267 cm³/mol. The highest BCUT2D eigenvalue weighted by molar-refractivity contribution is 8.00. The third-order valence-corrected chi connectivity index (χ3v) is 13.7. The summed E-state index contributed by atoms with van der Waals surface area (Å²) in [6, 6.07) is 5.80. The van der Waals surface area contributed by atoms with Crippen molar-refractivity contribution in [3.63, 3.8) is 0 Å². The van der Waals surface area contributed by atoms with E-state index in [-0.39, 0.29) is 80.0 Å². The van der Waals surface area contributed by atoms with E-state index in [4.69, 9.17) is 35.5 Å². The molecule has 5 atom stereocenters. The molecule has 0 aliphatic carbocycles. The van der Waals surface area contributed by atoms with E-state index in [0.29, 0.717) is 78.9 Å². The first-order valence-electron chi connectivity index (χ1n) is 24.3. The molecule has 2 saturated heterocycles. The molecule has 3 aromatic rings. The number of carbonyl (C=O) groups is 5. The fourth-order valence-corrected chi connectivity index (χ4v) is 10.2. The summed E-state index contributed by atoms with van der Waals surface area (Å²) in [4.78, 5) is 71.9. The average Bonchev–Trinajstić information content (AvgIpc) is 4.07. The van der Waals surface area contributed by atoms with E-state index in [0.717, 1.165) is 37.5 Å². The van der Waals surface area contributed by atoms with Gasteiger partial charge < -0.3 is 50.6 Å². The molecule has 3 aliphatic heterocycles. The third-order valence-electron chi connectivity index (χ3n) is 11.8. The molecule has 5 heterocycles. The molecule has 23 heteroatoms. The Morgan fingerprint density at radius 2 is 1.74 bits per heavy atom. The van der Waals surface area contributed by atoms with Crippen LogP contribution >= 0.6 is 23.4 Å². The van der Waals surface area contributed by atoms with Crippen LogP contribution in [0.1, 0.15) is 101 Å². The lowest BCUT2D eigenvalue weighted by Gasteiger charge is -2.28. The topological polar surface area (TPSA) is 259 Å². The number of thioether (sulfide) groups is 1. The Kier molecular flexibility index (Phi) is 21.8. The minimum absolute atomic E-state index is 0.0338. The molecular formula is C49H66ClFN10O10S. The first-order valence-corrected chi connectivity index (χ1v) is 25.8. The normalized spacial score (nSPS) is 18.9. The zero-order valence-corrected chi connectivity index (χ0v) is 42.5. The highest BCUT2D eigenvalue weighted by Crippen LogP contribution is 2.37. The Labute approximate surface area is 427 Å². The lowest BCUT2D eigenvalue weighted by atomic mass is 9.92. The van der Waals surface area contributed by atoms with E-state index < -0.39 is 42.0 Å². The number of aliphatic imine (C=N–C) groups is 1. The Balaban J connectivity index is 0.851. The molecule has 1 aromatic carbocycles. The van der Waals surface area contributed by atoms with Crippen LogP contribution in [-0.4, -0.2) is 141 Å². The van der Waals surface area contributed by atoms with Crippen molar-refractivity contribution in [3.05, 3.63) is 87.9 Å². The third kappa shape index (κ3) is 17.6. The maximum Gasteiger partial charge on any atom is 0.408 e. The van der Waals surface area contributed by atoms with E-state index in [9.17, 15) is 33.5 Å². The molecule has 20 nitrogen and oxygen atoms in total. The number of halogens is 2. The zero-order chi connectivity index (χ0) is 51.5. The lowest BCUT2D eigenvalue weighted by Crippen LogP contribution is -2.48. The number of nitrogens with zero attached hydrogens (tertiary/aromatic N) is 5. The molecule has 0 radical (unpaired) electrons. The molecule has 0 saturated carbocycles. The van der Waals surface area contributed by atoms with E-state index in [1.807, 2.05) is 11.8 Å². The van der Waals surface area contributed by atoms with E-state index in [2.05, 4.69) is 41.9 Å². The summed E-state index contributed by atoms with van der Waals surface area (Å²) in [5, 5.41) is 33.3. The van der Waals surface area contributed by atoms with Gasteiger partial charge in [0.1, 0.15) is 47.4 Å². The first kappa shape index (κ1) is 55.8. The Morgan fingerprint density at radius 3 is 2.49 bits per heavy atom. The van der Waals surface area contributed by atoms with E-state index >= 15 is 0 Å². The molecule has 4 amide bonds. The van der Waals surface area contributed by atoms with E-state index in [1.54, 1.807) is 56.2 Å². The number of hydrogen-bond donors (Lipinski definition) is 6. The molecule has 2 aromatic heterocycles. The second kappa shape index (κ2) is 28.1. The minimum atomic E-state index is -0.960. The second-order valence-corrected chi connectivity index (χ2v) is 20.2. The fourth-order valence-electron chi connectivity index (χ4n) is 8.35. The number of amides is 4. The summed E-state index contributed by atoms with van der Waals surface area (Å²) in [6.45, 7) is 6.08. The van der Waals surface area contributed by atoms with Gasteiger partial charge in [0.25, 0.3) is 0 Å². The van der Waals surface area contributed by atoms with Crippen LogP contribution in [0.5, 0.6) is 0 Å². The Bertz CT molecular complexity index is 2370. The van der Waals surface area contributed by atoms with Gasteiger partial charge in [0.2, 0.25) is 5.91 Å². The summed E-state index contributed by atoms with van der Waals surface area (Å²) >= 11 is 8.32. The molecular weight excluding hydrogens is 975 g/mol. The smallest absolute Gasteiger partial charge is 0.408 e. The number of ketones is 2.